The second-order valence-corrected chi connectivity index (χ2v) is 8.20. The fourth-order valence-corrected chi connectivity index (χ4v) is 3.63. The number of amidine groups is 1. The van der Waals surface area contributed by atoms with E-state index in [2.05, 4.69) is 41.8 Å². The highest BCUT2D eigenvalue weighted by Crippen LogP contribution is 2.40. The maximum absolute atomic E-state index is 12.1. The van der Waals surface area contributed by atoms with Crippen LogP contribution in [0.15, 0.2) is 17.2 Å². The summed E-state index contributed by atoms with van der Waals surface area (Å²) in [6.07, 6.45) is 4.75. The Morgan fingerprint density at radius 2 is 2.10 bits per heavy atom. The molecule has 8 heteroatoms. The molecule has 1 amide bonds. The number of carbonyl (C=O) groups is 2. The number of carboxylic acids is 1. The molecule has 1 unspecified atom stereocenters. The maximum Gasteiger partial charge on any atom is 0.300 e. The molecule has 0 radical (unpaired) electrons. The number of nitrogens with one attached hydrogen (secondary N) is 2. The van der Waals surface area contributed by atoms with Gasteiger partial charge in [0.1, 0.15) is 18.4 Å². The highest BCUT2D eigenvalue weighted by atomic mass is 16.5. The van der Waals surface area contributed by atoms with Gasteiger partial charge in [0.25, 0.3) is 11.9 Å². The minimum Gasteiger partial charge on any atom is -0.483 e. The quantitative estimate of drug-likeness (QED) is 0.715. The number of carboxylic acid groups (broad SMARTS) is 1. The fourth-order valence-electron chi connectivity index (χ4n) is 3.63. The Bertz CT molecular complexity index is 813. The van der Waals surface area contributed by atoms with Crippen LogP contribution in [0.25, 0.3) is 0 Å². The van der Waals surface area contributed by atoms with Gasteiger partial charge in [-0.05, 0) is 56.2 Å². The smallest absolute Gasteiger partial charge is 0.300 e. The number of hydrogen-bond acceptors (Lipinski definition) is 6. The van der Waals surface area contributed by atoms with Crippen molar-refractivity contribution in [3.63, 3.8) is 0 Å². The first-order valence-electron chi connectivity index (χ1n) is 10.2. The van der Waals surface area contributed by atoms with Gasteiger partial charge in [0.05, 0.1) is 5.69 Å². The van der Waals surface area contributed by atoms with Crippen molar-refractivity contribution in [3.8, 4) is 5.75 Å². The summed E-state index contributed by atoms with van der Waals surface area (Å²) in [6, 6.07) is 4.56. The van der Waals surface area contributed by atoms with Crippen LogP contribution >= 0.6 is 0 Å². The lowest BCUT2D eigenvalue weighted by molar-refractivity contribution is -0.134. The van der Waals surface area contributed by atoms with Gasteiger partial charge in [0, 0.05) is 18.7 Å². The number of nitrogens with zero attached hydrogens (tertiary/aromatic N) is 2. The number of aliphatic carboxylic acids is 1. The molecule has 158 valence electrons. The number of benzene rings is 1. The van der Waals surface area contributed by atoms with Crippen LogP contribution in [-0.4, -0.2) is 41.5 Å². The Kier molecular flexibility index (Phi) is 6.30. The summed E-state index contributed by atoms with van der Waals surface area (Å²) in [6.45, 7) is 7.83. The van der Waals surface area contributed by atoms with Crippen molar-refractivity contribution >= 4 is 29.1 Å². The van der Waals surface area contributed by atoms with Crippen molar-refractivity contribution in [2.24, 2.45) is 11.0 Å². The summed E-state index contributed by atoms with van der Waals surface area (Å²) >= 11 is 0. The van der Waals surface area contributed by atoms with Gasteiger partial charge < -0.3 is 20.1 Å². The van der Waals surface area contributed by atoms with E-state index in [1.165, 1.54) is 30.5 Å². The van der Waals surface area contributed by atoms with E-state index in [-0.39, 0.29) is 11.9 Å². The zero-order chi connectivity index (χ0) is 21.1. The molecule has 1 aromatic carbocycles. The van der Waals surface area contributed by atoms with Gasteiger partial charge in [-0.3, -0.25) is 9.59 Å². The lowest BCUT2D eigenvalue weighted by atomic mass is 9.91. The molecule has 29 heavy (non-hydrogen) atoms. The molecule has 3 aliphatic rings. The number of rotatable bonds is 4. The largest absolute Gasteiger partial charge is 0.483 e. The molecule has 0 aromatic heterocycles. The maximum atomic E-state index is 12.1. The van der Waals surface area contributed by atoms with Crippen LogP contribution in [0.2, 0.25) is 0 Å². The van der Waals surface area contributed by atoms with E-state index in [1.807, 2.05) is 11.8 Å². The lowest BCUT2D eigenvalue weighted by Gasteiger charge is -2.39. The molecule has 0 bridgehead atoms. The summed E-state index contributed by atoms with van der Waals surface area (Å²) in [5.41, 5.74) is 5.96. The standard InChI is InChI=1S/C19H26N4O2.C2H4O2/c1-11(2)7-13-8-17-16(9-15(13)20-14-5-4-6-14)23-12(3)19(24)22-21-18(23)10-25-17;1-2(3)4/h8-9,11-12,14,20H,4-7,10H2,1-3H3,(H,22,24);1H3,(H,3,4). The molecule has 2 aliphatic heterocycles. The molecule has 3 N–H and O–H groups in total. The summed E-state index contributed by atoms with van der Waals surface area (Å²) in [5.74, 6) is 1.25. The molecule has 2 heterocycles. The van der Waals surface area contributed by atoms with Crippen molar-refractivity contribution < 1.29 is 19.4 Å². The van der Waals surface area contributed by atoms with E-state index in [9.17, 15) is 4.79 Å². The van der Waals surface area contributed by atoms with Crippen molar-refractivity contribution in [1.82, 2.24) is 5.43 Å². The van der Waals surface area contributed by atoms with Gasteiger partial charge in [0.15, 0.2) is 5.84 Å². The van der Waals surface area contributed by atoms with E-state index in [0.29, 0.717) is 18.6 Å². The Morgan fingerprint density at radius 1 is 1.41 bits per heavy atom. The second-order valence-electron chi connectivity index (χ2n) is 8.20. The first kappa shape index (κ1) is 21.0. The first-order valence-corrected chi connectivity index (χ1v) is 10.2. The average Bonchev–Trinajstić information content (AvgIpc) is 2.60. The molecule has 1 aromatic rings. The zero-order valence-corrected chi connectivity index (χ0v) is 17.5. The Balaban J connectivity index is 0.000000552. The van der Waals surface area contributed by atoms with E-state index >= 15 is 0 Å². The number of amides is 1. The number of carbonyl (C=O) groups excluding carboxylic acids is 1. The number of hydrazone groups is 1. The highest BCUT2D eigenvalue weighted by molar-refractivity contribution is 6.09. The van der Waals surface area contributed by atoms with Crippen molar-refractivity contribution in [1.29, 1.82) is 0 Å². The predicted molar refractivity (Wildman–Crippen MR) is 113 cm³/mol. The van der Waals surface area contributed by atoms with E-state index in [1.54, 1.807) is 0 Å². The molecule has 8 nitrogen and oxygen atoms in total. The number of hydrogen-bond donors (Lipinski definition) is 3. The molecular formula is C21H30N4O4. The molecule has 1 aliphatic carbocycles. The topological polar surface area (TPSA) is 103 Å². The average molecular weight is 402 g/mol. The molecule has 1 fully saturated rings. The second kappa shape index (κ2) is 8.71. The van der Waals surface area contributed by atoms with Crippen molar-refractivity contribution in [2.45, 2.75) is 65.5 Å². The predicted octanol–water partition coefficient (Wildman–Crippen LogP) is 2.97. The van der Waals surface area contributed by atoms with Gasteiger partial charge in [-0.2, -0.15) is 5.10 Å². The van der Waals surface area contributed by atoms with Gasteiger partial charge in [0.2, 0.25) is 0 Å². The third-order valence-electron chi connectivity index (χ3n) is 5.23. The third-order valence-corrected chi connectivity index (χ3v) is 5.23. The zero-order valence-electron chi connectivity index (χ0n) is 17.5. The monoisotopic (exact) mass is 402 g/mol. The number of fused-ring (bicyclic) bond motifs is 3. The SMILES string of the molecule is CC(=O)O.CC(C)Cc1cc2c(cc1NC1CCC1)N1C(=NNC(=O)C1C)CO2. The van der Waals surface area contributed by atoms with E-state index in [0.717, 1.165) is 30.6 Å². The summed E-state index contributed by atoms with van der Waals surface area (Å²) in [7, 11) is 0. The van der Waals surface area contributed by atoms with Crippen LogP contribution in [0.3, 0.4) is 0 Å². The van der Waals surface area contributed by atoms with Gasteiger partial charge in [-0.25, -0.2) is 5.43 Å². The lowest BCUT2D eigenvalue weighted by Crippen LogP contribution is -2.55. The minimum absolute atomic E-state index is 0.0867. The van der Waals surface area contributed by atoms with Gasteiger partial charge >= 0.3 is 0 Å². The summed E-state index contributed by atoms with van der Waals surface area (Å²) < 4.78 is 5.95. The molecule has 4 rings (SSSR count). The Hall–Kier alpha value is -2.77. The third kappa shape index (κ3) is 4.81. The highest BCUT2D eigenvalue weighted by Gasteiger charge is 2.36. The van der Waals surface area contributed by atoms with Crippen LogP contribution in [0, 0.1) is 5.92 Å². The molecule has 1 saturated carbocycles. The van der Waals surface area contributed by atoms with Crippen molar-refractivity contribution in [3.05, 3.63) is 17.7 Å². The van der Waals surface area contributed by atoms with Gasteiger partial charge in [-0.1, -0.05) is 13.8 Å². The molecule has 1 atom stereocenters. The number of anilines is 2. The first-order chi connectivity index (χ1) is 13.8. The minimum atomic E-state index is -0.833. The van der Waals surface area contributed by atoms with E-state index in [4.69, 9.17) is 14.6 Å². The Morgan fingerprint density at radius 3 is 2.69 bits per heavy atom. The van der Waals surface area contributed by atoms with Crippen LogP contribution in [0.4, 0.5) is 11.4 Å². The fraction of sp³-hybridized carbons (Fsp3) is 0.571. The van der Waals surface area contributed by atoms with Crippen LogP contribution in [0.5, 0.6) is 5.75 Å². The van der Waals surface area contributed by atoms with Crippen LogP contribution in [-0.2, 0) is 16.0 Å². The van der Waals surface area contributed by atoms with Crippen molar-refractivity contribution in [2.75, 3.05) is 16.8 Å². The van der Waals surface area contributed by atoms with E-state index < -0.39 is 5.97 Å². The van der Waals surface area contributed by atoms with Gasteiger partial charge in [-0.15, -0.1) is 0 Å². The number of ether oxygens (including phenoxy) is 1. The molecule has 0 saturated heterocycles. The summed E-state index contributed by atoms with van der Waals surface area (Å²) in [4.78, 5) is 23.1. The van der Waals surface area contributed by atoms with Crippen LogP contribution < -0.4 is 20.4 Å². The summed E-state index contributed by atoms with van der Waals surface area (Å²) in [5, 5.41) is 15.3. The van der Waals surface area contributed by atoms with Crippen LogP contribution in [0.1, 0.15) is 52.5 Å². The normalized spacial score (nSPS) is 20.2. The molecule has 0 spiro atoms. The Labute approximate surface area is 171 Å². The molecular weight excluding hydrogens is 372 g/mol.